The predicted octanol–water partition coefficient (Wildman–Crippen LogP) is 3.50. The van der Waals surface area contributed by atoms with Crippen molar-refractivity contribution in [1.29, 1.82) is 0 Å². The summed E-state index contributed by atoms with van der Waals surface area (Å²) in [5, 5.41) is 0. The van der Waals surface area contributed by atoms with Gasteiger partial charge in [-0.15, -0.1) is 0 Å². The normalized spacial score (nSPS) is 10.8. The van der Waals surface area contributed by atoms with Crippen LogP contribution in [0.1, 0.15) is 21.9 Å². The summed E-state index contributed by atoms with van der Waals surface area (Å²) in [4.78, 5) is 15.5. The van der Waals surface area contributed by atoms with E-state index in [9.17, 15) is 4.79 Å². The van der Waals surface area contributed by atoms with Crippen LogP contribution in [0, 0.1) is 0 Å². The highest BCUT2D eigenvalue weighted by Crippen LogP contribution is 2.20. The molecule has 0 spiro atoms. The van der Waals surface area contributed by atoms with Gasteiger partial charge in [-0.25, -0.2) is 4.98 Å². The van der Waals surface area contributed by atoms with Crippen molar-refractivity contribution in [1.82, 2.24) is 9.38 Å². The minimum Gasteiger partial charge on any atom is -0.296 e. The molecule has 0 bridgehead atoms. The van der Waals surface area contributed by atoms with Gasteiger partial charge in [0.05, 0.1) is 10.1 Å². The Hall–Kier alpha value is -1.94. The van der Waals surface area contributed by atoms with Crippen LogP contribution in [-0.2, 0) is 6.42 Å². The Morgan fingerprint density at radius 1 is 1.11 bits per heavy atom. The van der Waals surface area contributed by atoms with E-state index in [2.05, 4.69) is 33.0 Å². The number of halogens is 1. The van der Waals surface area contributed by atoms with Crippen LogP contribution in [0.5, 0.6) is 0 Å². The van der Waals surface area contributed by atoms with Gasteiger partial charge >= 0.3 is 0 Å². The molecule has 0 saturated carbocycles. The second kappa shape index (κ2) is 4.97. The van der Waals surface area contributed by atoms with E-state index in [1.165, 1.54) is 5.56 Å². The number of nitrogens with zero attached hydrogens (tertiary/aromatic N) is 2. The van der Waals surface area contributed by atoms with E-state index >= 15 is 0 Å². The smallest absolute Gasteiger partial charge is 0.170 e. The molecule has 0 fully saturated rings. The third-order valence-electron chi connectivity index (χ3n) is 3.03. The average molecular weight is 315 g/mol. The zero-order chi connectivity index (χ0) is 13.2. The van der Waals surface area contributed by atoms with Crippen LogP contribution in [0.4, 0.5) is 0 Å². The molecule has 2 aromatic heterocycles. The molecule has 3 nitrogen and oxygen atoms in total. The quantitative estimate of drug-likeness (QED) is 0.548. The van der Waals surface area contributed by atoms with Crippen molar-refractivity contribution in [2.24, 2.45) is 0 Å². The summed E-state index contributed by atoms with van der Waals surface area (Å²) < 4.78 is 2.87. The van der Waals surface area contributed by atoms with Crippen molar-refractivity contribution in [2.75, 3.05) is 0 Å². The fourth-order valence-electron chi connectivity index (χ4n) is 2.18. The number of fused-ring (bicyclic) bond motifs is 1. The Balaban J connectivity index is 2.16. The molecule has 4 heteroatoms. The van der Waals surface area contributed by atoms with Crippen LogP contribution in [-0.4, -0.2) is 15.7 Å². The van der Waals surface area contributed by atoms with Gasteiger partial charge < -0.3 is 0 Å². The highest BCUT2D eigenvalue weighted by molar-refractivity contribution is 9.10. The highest BCUT2D eigenvalue weighted by atomic mass is 79.9. The first kappa shape index (κ1) is 12.1. The SMILES string of the molecule is O=Cc1nc(Cc2ccccc2)n2c(Br)cccc12. The van der Waals surface area contributed by atoms with Gasteiger partial charge in [0, 0.05) is 6.42 Å². The van der Waals surface area contributed by atoms with Crippen molar-refractivity contribution in [3.8, 4) is 0 Å². The molecule has 0 aliphatic carbocycles. The Morgan fingerprint density at radius 3 is 2.63 bits per heavy atom. The molecule has 0 radical (unpaired) electrons. The maximum Gasteiger partial charge on any atom is 0.170 e. The number of rotatable bonds is 3. The Morgan fingerprint density at radius 2 is 1.89 bits per heavy atom. The first-order chi connectivity index (χ1) is 9.29. The zero-order valence-corrected chi connectivity index (χ0v) is 11.7. The molecular weight excluding hydrogens is 304 g/mol. The Kier molecular flexibility index (Phi) is 3.17. The van der Waals surface area contributed by atoms with E-state index in [-0.39, 0.29) is 0 Å². The summed E-state index contributed by atoms with van der Waals surface area (Å²) in [5.74, 6) is 0.857. The summed E-state index contributed by atoms with van der Waals surface area (Å²) in [5.41, 5.74) is 2.48. The predicted molar refractivity (Wildman–Crippen MR) is 77.5 cm³/mol. The van der Waals surface area contributed by atoms with Crippen LogP contribution in [0.3, 0.4) is 0 Å². The van der Waals surface area contributed by atoms with Gasteiger partial charge in [-0.05, 0) is 33.6 Å². The van der Waals surface area contributed by atoms with E-state index in [1.54, 1.807) is 0 Å². The van der Waals surface area contributed by atoms with E-state index in [4.69, 9.17) is 0 Å². The van der Waals surface area contributed by atoms with Gasteiger partial charge in [0.15, 0.2) is 6.29 Å². The number of pyridine rings is 1. The molecule has 3 aromatic rings. The summed E-state index contributed by atoms with van der Waals surface area (Å²) >= 11 is 3.51. The molecule has 0 aliphatic heterocycles. The van der Waals surface area contributed by atoms with Crippen LogP contribution >= 0.6 is 15.9 Å². The van der Waals surface area contributed by atoms with Crippen molar-refractivity contribution >= 4 is 27.7 Å². The van der Waals surface area contributed by atoms with Crippen LogP contribution in [0.2, 0.25) is 0 Å². The van der Waals surface area contributed by atoms with Gasteiger partial charge in [-0.1, -0.05) is 36.4 Å². The van der Waals surface area contributed by atoms with E-state index in [0.29, 0.717) is 12.1 Å². The molecule has 19 heavy (non-hydrogen) atoms. The monoisotopic (exact) mass is 314 g/mol. The molecule has 0 amide bonds. The molecule has 0 aliphatic rings. The molecular formula is C15H11BrN2O. The topological polar surface area (TPSA) is 34.4 Å². The lowest BCUT2D eigenvalue weighted by Gasteiger charge is -2.03. The lowest BCUT2D eigenvalue weighted by Crippen LogP contribution is -1.97. The third kappa shape index (κ3) is 2.19. The maximum absolute atomic E-state index is 11.1. The van der Waals surface area contributed by atoms with Gasteiger partial charge in [0.2, 0.25) is 0 Å². The number of hydrogen-bond acceptors (Lipinski definition) is 2. The fourth-order valence-corrected chi connectivity index (χ4v) is 2.72. The van der Waals surface area contributed by atoms with Crippen molar-refractivity contribution in [2.45, 2.75) is 6.42 Å². The fraction of sp³-hybridized carbons (Fsp3) is 0.0667. The summed E-state index contributed by atoms with van der Waals surface area (Å²) in [6, 6.07) is 15.8. The number of imidazole rings is 1. The molecule has 0 saturated heterocycles. The zero-order valence-electron chi connectivity index (χ0n) is 10.1. The average Bonchev–Trinajstić information content (AvgIpc) is 2.79. The molecule has 1 aromatic carbocycles. The minimum atomic E-state index is 0.479. The molecule has 0 atom stereocenters. The lowest BCUT2D eigenvalue weighted by atomic mass is 10.1. The Bertz CT molecular complexity index is 734. The number of aldehydes is 1. The number of hydrogen-bond donors (Lipinski definition) is 0. The van der Waals surface area contributed by atoms with Crippen molar-refractivity contribution in [3.63, 3.8) is 0 Å². The van der Waals surface area contributed by atoms with Crippen molar-refractivity contribution < 1.29 is 4.79 Å². The standard InChI is InChI=1S/C15H11BrN2O/c16-14-8-4-7-13-12(10-19)17-15(18(13)14)9-11-5-2-1-3-6-11/h1-8,10H,9H2. The van der Waals surface area contributed by atoms with Gasteiger partial charge in [0.25, 0.3) is 0 Å². The second-order valence-corrected chi connectivity index (χ2v) is 5.08. The van der Waals surface area contributed by atoms with Crippen LogP contribution in [0.25, 0.3) is 5.52 Å². The van der Waals surface area contributed by atoms with Gasteiger partial charge in [0.1, 0.15) is 11.5 Å². The second-order valence-electron chi connectivity index (χ2n) is 4.26. The molecule has 2 heterocycles. The first-order valence-electron chi connectivity index (χ1n) is 5.94. The first-order valence-corrected chi connectivity index (χ1v) is 6.74. The van der Waals surface area contributed by atoms with E-state index < -0.39 is 0 Å². The number of carbonyl (C=O) groups excluding carboxylic acids is 1. The lowest BCUT2D eigenvalue weighted by molar-refractivity contribution is 0.112. The maximum atomic E-state index is 11.1. The molecule has 0 N–H and O–H groups in total. The van der Waals surface area contributed by atoms with Gasteiger partial charge in [-0.3, -0.25) is 9.20 Å². The Labute approximate surface area is 119 Å². The van der Waals surface area contributed by atoms with E-state index in [0.717, 1.165) is 22.2 Å². The number of benzene rings is 1. The summed E-state index contributed by atoms with van der Waals surface area (Å²) in [6.45, 7) is 0. The number of aromatic nitrogens is 2. The summed E-state index contributed by atoms with van der Waals surface area (Å²) in [6.07, 6.45) is 1.49. The van der Waals surface area contributed by atoms with E-state index in [1.807, 2.05) is 40.8 Å². The van der Waals surface area contributed by atoms with Crippen molar-refractivity contribution in [3.05, 3.63) is 70.2 Å². The highest BCUT2D eigenvalue weighted by Gasteiger charge is 2.12. The van der Waals surface area contributed by atoms with Crippen LogP contribution in [0.15, 0.2) is 53.1 Å². The third-order valence-corrected chi connectivity index (χ3v) is 3.65. The largest absolute Gasteiger partial charge is 0.296 e. The molecule has 94 valence electrons. The molecule has 0 unspecified atom stereocenters. The summed E-state index contributed by atoms with van der Waals surface area (Å²) in [7, 11) is 0. The molecule has 3 rings (SSSR count). The van der Waals surface area contributed by atoms with Crippen LogP contribution < -0.4 is 0 Å². The van der Waals surface area contributed by atoms with Gasteiger partial charge in [-0.2, -0.15) is 0 Å². The minimum absolute atomic E-state index is 0.479. The number of carbonyl (C=O) groups is 1.